The Hall–Kier alpha value is -2.32. The van der Waals surface area contributed by atoms with Crippen molar-refractivity contribution in [3.05, 3.63) is 46.5 Å². The monoisotopic (exact) mass is 389 g/mol. The molecule has 0 fully saturated rings. The van der Waals surface area contributed by atoms with Gasteiger partial charge in [-0.3, -0.25) is 14.2 Å². The molecule has 1 amide bonds. The number of rotatable bonds is 6. The maximum Gasteiger partial charge on any atom is 0.262 e. The van der Waals surface area contributed by atoms with Gasteiger partial charge < -0.3 is 10.1 Å². The van der Waals surface area contributed by atoms with Gasteiger partial charge in [-0.1, -0.05) is 12.1 Å². The molecule has 3 aromatic rings. The zero-order chi connectivity index (χ0) is 18.7. The lowest BCUT2D eigenvalue weighted by molar-refractivity contribution is -0.113. The van der Waals surface area contributed by atoms with E-state index in [1.807, 2.05) is 31.2 Å². The van der Waals surface area contributed by atoms with Crippen molar-refractivity contribution in [2.45, 2.75) is 18.1 Å². The molecule has 2 aromatic heterocycles. The summed E-state index contributed by atoms with van der Waals surface area (Å²) in [6.07, 6.45) is 0. The lowest BCUT2D eigenvalue weighted by Crippen LogP contribution is -2.19. The third-order valence-corrected chi connectivity index (χ3v) is 6.02. The minimum atomic E-state index is -0.128. The first-order valence-electron chi connectivity index (χ1n) is 8.11. The molecule has 0 bridgehead atoms. The van der Waals surface area contributed by atoms with Crippen LogP contribution < -0.4 is 15.6 Å². The van der Waals surface area contributed by atoms with Crippen LogP contribution in [0.1, 0.15) is 12.7 Å². The Morgan fingerprint density at radius 3 is 2.92 bits per heavy atom. The number of aryl methyl sites for hydroxylation is 1. The van der Waals surface area contributed by atoms with E-state index >= 15 is 0 Å². The van der Waals surface area contributed by atoms with Crippen molar-refractivity contribution >= 4 is 44.9 Å². The van der Waals surface area contributed by atoms with E-state index < -0.39 is 0 Å². The first-order chi connectivity index (χ1) is 12.5. The molecule has 0 saturated heterocycles. The Balaban J connectivity index is 1.69. The van der Waals surface area contributed by atoms with Gasteiger partial charge in [-0.05, 0) is 32.0 Å². The molecule has 8 heteroatoms. The van der Waals surface area contributed by atoms with Gasteiger partial charge in [0.15, 0.2) is 0 Å². The highest BCUT2D eigenvalue weighted by atomic mass is 32.2. The normalized spacial score (nSPS) is 10.9. The van der Waals surface area contributed by atoms with Crippen molar-refractivity contribution in [2.75, 3.05) is 17.7 Å². The number of amides is 1. The van der Waals surface area contributed by atoms with E-state index in [1.54, 1.807) is 20.0 Å². The van der Waals surface area contributed by atoms with E-state index in [0.29, 0.717) is 34.1 Å². The number of aromatic nitrogens is 2. The molecule has 2 heterocycles. The number of hydrogen-bond acceptors (Lipinski definition) is 6. The quantitative estimate of drug-likeness (QED) is 0.654. The molecule has 0 atom stereocenters. The molecule has 0 saturated carbocycles. The standard InChI is InChI=1S/C18H19N3O3S2/c1-4-24-14-8-6-5-7-13(14)20-15(22)10-25-16-9-12-17(26-16)19-11(2)21(3)18(12)23/h5-9H,4,10H2,1-3H3,(H,20,22). The number of thioether (sulfide) groups is 1. The summed E-state index contributed by atoms with van der Waals surface area (Å²) in [6.45, 7) is 4.23. The zero-order valence-electron chi connectivity index (χ0n) is 14.7. The van der Waals surface area contributed by atoms with Crippen LogP contribution in [0.5, 0.6) is 5.75 Å². The van der Waals surface area contributed by atoms with E-state index in [1.165, 1.54) is 27.7 Å². The Morgan fingerprint density at radius 1 is 1.38 bits per heavy atom. The molecule has 1 aromatic carbocycles. The molecule has 136 valence electrons. The second-order valence-corrected chi connectivity index (χ2v) is 7.88. The van der Waals surface area contributed by atoms with Crippen molar-refractivity contribution in [2.24, 2.45) is 7.05 Å². The van der Waals surface area contributed by atoms with Crippen LogP contribution in [-0.4, -0.2) is 27.8 Å². The number of thiophene rings is 1. The number of ether oxygens (including phenoxy) is 1. The van der Waals surface area contributed by atoms with E-state index in [4.69, 9.17) is 4.74 Å². The van der Waals surface area contributed by atoms with Crippen LogP contribution in [-0.2, 0) is 11.8 Å². The van der Waals surface area contributed by atoms with Gasteiger partial charge in [0.05, 0.1) is 27.6 Å². The Bertz CT molecular complexity index is 1010. The van der Waals surface area contributed by atoms with Gasteiger partial charge >= 0.3 is 0 Å². The summed E-state index contributed by atoms with van der Waals surface area (Å²) in [6, 6.07) is 9.15. The van der Waals surface area contributed by atoms with Crippen molar-refractivity contribution < 1.29 is 9.53 Å². The summed E-state index contributed by atoms with van der Waals surface area (Å²) in [5.74, 6) is 1.44. The number of nitrogens with one attached hydrogen (secondary N) is 1. The number of carbonyl (C=O) groups is 1. The molecule has 3 rings (SSSR count). The predicted molar refractivity (Wildman–Crippen MR) is 107 cm³/mol. The Morgan fingerprint density at radius 2 is 2.15 bits per heavy atom. The topological polar surface area (TPSA) is 73.2 Å². The first kappa shape index (κ1) is 18.5. The molecular formula is C18H19N3O3S2. The van der Waals surface area contributed by atoms with Crippen LogP contribution in [0.25, 0.3) is 10.2 Å². The van der Waals surface area contributed by atoms with E-state index in [2.05, 4.69) is 10.3 Å². The summed E-state index contributed by atoms with van der Waals surface area (Å²) < 4.78 is 7.93. The number of hydrogen-bond donors (Lipinski definition) is 1. The minimum Gasteiger partial charge on any atom is -0.492 e. The van der Waals surface area contributed by atoms with Gasteiger partial charge in [-0.2, -0.15) is 0 Å². The SMILES string of the molecule is CCOc1ccccc1NC(=O)CSc1cc2c(=O)n(C)c(C)nc2s1. The van der Waals surface area contributed by atoms with Gasteiger partial charge in [-0.15, -0.1) is 23.1 Å². The second kappa shape index (κ2) is 7.92. The lowest BCUT2D eigenvalue weighted by Gasteiger charge is -2.10. The summed E-state index contributed by atoms with van der Waals surface area (Å²) in [7, 11) is 1.71. The maximum absolute atomic E-state index is 12.3. The molecule has 1 N–H and O–H groups in total. The Labute approximate surface area is 159 Å². The molecule has 0 aliphatic carbocycles. The van der Waals surface area contributed by atoms with E-state index in [-0.39, 0.29) is 17.2 Å². The Kier molecular flexibility index (Phi) is 5.63. The van der Waals surface area contributed by atoms with Crippen LogP contribution in [0.3, 0.4) is 0 Å². The molecule has 26 heavy (non-hydrogen) atoms. The van der Waals surface area contributed by atoms with E-state index in [0.717, 1.165) is 4.21 Å². The highest BCUT2D eigenvalue weighted by molar-refractivity contribution is 8.01. The minimum absolute atomic E-state index is 0.0642. The van der Waals surface area contributed by atoms with E-state index in [9.17, 15) is 9.59 Å². The van der Waals surface area contributed by atoms with Gasteiger partial charge in [-0.25, -0.2) is 4.98 Å². The van der Waals surface area contributed by atoms with Crippen molar-refractivity contribution in [3.8, 4) is 5.75 Å². The number of fused-ring (bicyclic) bond motifs is 1. The van der Waals surface area contributed by atoms with Crippen LogP contribution in [0.4, 0.5) is 5.69 Å². The summed E-state index contributed by atoms with van der Waals surface area (Å²) >= 11 is 2.82. The molecular weight excluding hydrogens is 370 g/mol. The summed E-state index contributed by atoms with van der Waals surface area (Å²) in [4.78, 5) is 29.7. The van der Waals surface area contributed by atoms with Crippen molar-refractivity contribution in [3.63, 3.8) is 0 Å². The van der Waals surface area contributed by atoms with Crippen LogP contribution in [0.15, 0.2) is 39.3 Å². The van der Waals surface area contributed by atoms with Crippen LogP contribution >= 0.6 is 23.1 Å². The van der Waals surface area contributed by atoms with Crippen molar-refractivity contribution in [1.82, 2.24) is 9.55 Å². The fraction of sp³-hybridized carbons (Fsp3) is 0.278. The molecule has 6 nitrogen and oxygen atoms in total. The zero-order valence-corrected chi connectivity index (χ0v) is 16.4. The largest absolute Gasteiger partial charge is 0.492 e. The molecule has 0 spiro atoms. The lowest BCUT2D eigenvalue weighted by atomic mass is 10.3. The number of benzene rings is 1. The predicted octanol–water partition coefficient (Wildman–Crippen LogP) is 3.43. The first-order valence-corrected chi connectivity index (χ1v) is 9.91. The molecule has 0 unspecified atom stereocenters. The van der Waals surface area contributed by atoms with Gasteiger partial charge in [0.1, 0.15) is 16.4 Å². The molecule has 0 radical (unpaired) electrons. The van der Waals surface area contributed by atoms with Crippen LogP contribution in [0.2, 0.25) is 0 Å². The summed E-state index contributed by atoms with van der Waals surface area (Å²) in [5, 5.41) is 3.46. The maximum atomic E-state index is 12.3. The van der Waals surface area contributed by atoms with Crippen LogP contribution in [0, 0.1) is 6.92 Å². The summed E-state index contributed by atoms with van der Waals surface area (Å²) in [5.41, 5.74) is 0.591. The second-order valence-electron chi connectivity index (χ2n) is 5.57. The molecule has 0 aliphatic rings. The third kappa shape index (κ3) is 3.91. The number of nitrogens with zero attached hydrogens (tertiary/aromatic N) is 2. The average molecular weight is 390 g/mol. The highest BCUT2D eigenvalue weighted by Gasteiger charge is 2.12. The number of carbonyl (C=O) groups excluding carboxylic acids is 1. The van der Waals surface area contributed by atoms with Gasteiger partial charge in [0.25, 0.3) is 5.56 Å². The van der Waals surface area contributed by atoms with Crippen molar-refractivity contribution in [1.29, 1.82) is 0 Å². The smallest absolute Gasteiger partial charge is 0.262 e. The number of para-hydroxylation sites is 2. The fourth-order valence-electron chi connectivity index (χ4n) is 2.39. The van der Waals surface area contributed by atoms with Gasteiger partial charge in [0.2, 0.25) is 5.91 Å². The fourth-order valence-corrected chi connectivity index (χ4v) is 4.39. The van der Waals surface area contributed by atoms with Gasteiger partial charge in [0, 0.05) is 7.05 Å². The highest BCUT2D eigenvalue weighted by Crippen LogP contribution is 2.31. The molecule has 0 aliphatic heterocycles. The third-order valence-electron chi connectivity index (χ3n) is 3.78. The number of anilines is 1. The average Bonchev–Trinajstić information content (AvgIpc) is 3.03.